The number of hydrogen-bond acceptors (Lipinski definition) is 4. The number of nitrogens with two attached hydrogens (primary N) is 1. The molecule has 0 fully saturated rings. The second kappa shape index (κ2) is 5.40. The van der Waals surface area contributed by atoms with Crippen molar-refractivity contribution in [2.45, 2.75) is 26.3 Å². The third kappa shape index (κ3) is 2.61. The van der Waals surface area contributed by atoms with Crippen LogP contribution in [0.4, 0.5) is 0 Å². The Labute approximate surface area is 113 Å². The predicted octanol–water partition coefficient (Wildman–Crippen LogP) is 1.68. The van der Waals surface area contributed by atoms with E-state index in [2.05, 4.69) is 10.1 Å². The van der Waals surface area contributed by atoms with Crippen LogP contribution in [0.1, 0.15) is 28.6 Å². The van der Waals surface area contributed by atoms with Gasteiger partial charge >= 0.3 is 0 Å². The molecule has 2 N–H and O–H groups in total. The summed E-state index contributed by atoms with van der Waals surface area (Å²) in [5, 5.41) is 4.14. The molecule has 0 radical (unpaired) electrons. The summed E-state index contributed by atoms with van der Waals surface area (Å²) < 4.78 is 7.21. The van der Waals surface area contributed by atoms with E-state index in [4.69, 9.17) is 10.5 Å². The molecule has 2 rings (SSSR count). The maximum atomic E-state index is 6.23. The lowest BCUT2D eigenvalue weighted by Crippen LogP contribution is -2.18. The van der Waals surface area contributed by atoms with Crippen LogP contribution in [0.25, 0.3) is 0 Å². The highest BCUT2D eigenvalue weighted by molar-refractivity contribution is 5.41. The number of nitrogens with zero attached hydrogens (tertiary/aromatic N) is 3. The van der Waals surface area contributed by atoms with Gasteiger partial charge in [0, 0.05) is 42.7 Å². The summed E-state index contributed by atoms with van der Waals surface area (Å²) in [6.07, 6.45) is 4.25. The van der Waals surface area contributed by atoms with Crippen molar-refractivity contribution in [2.75, 3.05) is 7.11 Å². The van der Waals surface area contributed by atoms with Crippen molar-refractivity contribution in [3.63, 3.8) is 0 Å². The third-order valence-electron chi connectivity index (χ3n) is 3.40. The molecule has 0 amide bonds. The second-order valence-corrected chi connectivity index (χ2v) is 4.74. The summed E-state index contributed by atoms with van der Waals surface area (Å²) in [5.41, 5.74) is 10.3. The van der Waals surface area contributed by atoms with E-state index in [1.54, 1.807) is 18.0 Å². The highest BCUT2D eigenvalue weighted by Gasteiger charge is 2.15. The Kier molecular flexibility index (Phi) is 3.85. The van der Waals surface area contributed by atoms with Crippen molar-refractivity contribution in [3.05, 3.63) is 41.0 Å². The zero-order chi connectivity index (χ0) is 14.0. The molecule has 0 aliphatic rings. The van der Waals surface area contributed by atoms with Gasteiger partial charge in [0.05, 0.1) is 18.8 Å². The Morgan fingerprint density at radius 3 is 2.74 bits per heavy atom. The van der Waals surface area contributed by atoms with Gasteiger partial charge in [0.25, 0.3) is 0 Å². The minimum Gasteiger partial charge on any atom is -0.496 e. The molecule has 1 atom stereocenters. The third-order valence-corrected chi connectivity index (χ3v) is 3.40. The zero-order valence-corrected chi connectivity index (χ0v) is 11.8. The van der Waals surface area contributed by atoms with Gasteiger partial charge in [-0.2, -0.15) is 5.10 Å². The maximum Gasteiger partial charge on any atom is 0.128 e. The first-order valence-electron chi connectivity index (χ1n) is 6.27. The van der Waals surface area contributed by atoms with Crippen molar-refractivity contribution >= 4 is 0 Å². The lowest BCUT2D eigenvalue weighted by Gasteiger charge is -2.16. The summed E-state index contributed by atoms with van der Waals surface area (Å²) in [6.45, 7) is 4.01. The average Bonchev–Trinajstić information content (AvgIpc) is 2.80. The predicted molar refractivity (Wildman–Crippen MR) is 74.1 cm³/mol. The fourth-order valence-electron chi connectivity index (χ4n) is 2.34. The molecule has 19 heavy (non-hydrogen) atoms. The van der Waals surface area contributed by atoms with Crippen LogP contribution in [-0.2, 0) is 13.5 Å². The summed E-state index contributed by atoms with van der Waals surface area (Å²) >= 11 is 0. The monoisotopic (exact) mass is 260 g/mol. The lowest BCUT2D eigenvalue weighted by molar-refractivity contribution is 0.406. The first-order chi connectivity index (χ1) is 9.04. The van der Waals surface area contributed by atoms with Crippen molar-refractivity contribution in [3.8, 4) is 5.75 Å². The van der Waals surface area contributed by atoms with E-state index in [1.807, 2.05) is 33.2 Å². The van der Waals surface area contributed by atoms with E-state index in [0.29, 0.717) is 6.42 Å². The van der Waals surface area contributed by atoms with Crippen LogP contribution in [0.15, 0.2) is 18.5 Å². The van der Waals surface area contributed by atoms with E-state index in [9.17, 15) is 0 Å². The number of aryl methyl sites for hydroxylation is 2. The summed E-state index contributed by atoms with van der Waals surface area (Å²) in [6, 6.07) is 1.82. The molecule has 5 nitrogen and oxygen atoms in total. The lowest BCUT2D eigenvalue weighted by atomic mass is 10.0. The van der Waals surface area contributed by atoms with Gasteiger partial charge in [-0.25, -0.2) is 0 Å². The van der Waals surface area contributed by atoms with E-state index in [1.165, 1.54) is 0 Å². The van der Waals surface area contributed by atoms with Gasteiger partial charge in [-0.05, 0) is 19.9 Å². The van der Waals surface area contributed by atoms with Gasteiger partial charge in [-0.3, -0.25) is 9.67 Å². The highest BCUT2D eigenvalue weighted by atomic mass is 16.5. The molecule has 0 bridgehead atoms. The van der Waals surface area contributed by atoms with Crippen LogP contribution >= 0.6 is 0 Å². The van der Waals surface area contributed by atoms with E-state index < -0.39 is 0 Å². The normalized spacial score (nSPS) is 12.5. The molecular weight excluding hydrogens is 240 g/mol. The highest BCUT2D eigenvalue weighted by Crippen LogP contribution is 2.26. The molecule has 0 aliphatic heterocycles. The Hall–Kier alpha value is -1.88. The molecule has 0 aromatic carbocycles. The van der Waals surface area contributed by atoms with E-state index in [0.717, 1.165) is 28.3 Å². The SMILES string of the molecule is COc1c(C)cnc(CC(N)c2ccnn2C)c1C. The molecule has 2 aromatic heterocycles. The van der Waals surface area contributed by atoms with Crippen LogP contribution in [0.2, 0.25) is 0 Å². The molecule has 1 unspecified atom stereocenters. The first kappa shape index (κ1) is 13.5. The van der Waals surface area contributed by atoms with Crippen LogP contribution in [0.3, 0.4) is 0 Å². The Morgan fingerprint density at radius 2 is 2.16 bits per heavy atom. The Bertz CT molecular complexity index is 577. The topological polar surface area (TPSA) is 66.0 Å². The largest absolute Gasteiger partial charge is 0.496 e. The van der Waals surface area contributed by atoms with Gasteiger partial charge in [-0.15, -0.1) is 0 Å². The van der Waals surface area contributed by atoms with Gasteiger partial charge in [0.2, 0.25) is 0 Å². The molecule has 0 saturated heterocycles. The molecule has 0 saturated carbocycles. The van der Waals surface area contributed by atoms with Gasteiger partial charge in [0.15, 0.2) is 0 Å². The minimum absolute atomic E-state index is 0.119. The van der Waals surface area contributed by atoms with Crippen LogP contribution < -0.4 is 10.5 Å². The number of pyridine rings is 1. The number of ether oxygens (including phenoxy) is 1. The molecule has 102 valence electrons. The molecule has 0 aliphatic carbocycles. The average molecular weight is 260 g/mol. The van der Waals surface area contributed by atoms with Crippen molar-refractivity contribution in [1.82, 2.24) is 14.8 Å². The first-order valence-corrected chi connectivity index (χ1v) is 6.27. The van der Waals surface area contributed by atoms with Crippen molar-refractivity contribution < 1.29 is 4.74 Å². The second-order valence-electron chi connectivity index (χ2n) is 4.74. The number of methoxy groups -OCH3 is 1. The molecule has 0 spiro atoms. The van der Waals surface area contributed by atoms with Crippen LogP contribution in [0, 0.1) is 13.8 Å². The Morgan fingerprint density at radius 1 is 1.42 bits per heavy atom. The van der Waals surface area contributed by atoms with Crippen LogP contribution in [0.5, 0.6) is 5.75 Å². The fourth-order valence-corrected chi connectivity index (χ4v) is 2.34. The van der Waals surface area contributed by atoms with E-state index >= 15 is 0 Å². The summed E-state index contributed by atoms with van der Waals surface area (Å²) in [5.74, 6) is 0.891. The molecular formula is C14H20N4O. The Balaban J connectivity index is 2.27. The smallest absolute Gasteiger partial charge is 0.128 e. The quantitative estimate of drug-likeness (QED) is 0.908. The fraction of sp³-hybridized carbons (Fsp3) is 0.429. The van der Waals surface area contributed by atoms with Gasteiger partial charge in [0.1, 0.15) is 5.75 Å². The van der Waals surface area contributed by atoms with Crippen molar-refractivity contribution in [2.24, 2.45) is 12.8 Å². The van der Waals surface area contributed by atoms with Crippen molar-refractivity contribution in [1.29, 1.82) is 0 Å². The van der Waals surface area contributed by atoms with E-state index in [-0.39, 0.29) is 6.04 Å². The van der Waals surface area contributed by atoms with Gasteiger partial charge < -0.3 is 10.5 Å². The standard InChI is InChI=1S/C14H20N4O/c1-9-8-16-12(10(2)14(9)19-4)7-11(15)13-5-6-17-18(13)3/h5-6,8,11H,7,15H2,1-4H3. The number of rotatable bonds is 4. The van der Waals surface area contributed by atoms with Gasteiger partial charge in [-0.1, -0.05) is 0 Å². The molecule has 5 heteroatoms. The van der Waals surface area contributed by atoms with Crippen LogP contribution in [-0.4, -0.2) is 21.9 Å². The maximum absolute atomic E-state index is 6.23. The molecule has 2 aromatic rings. The zero-order valence-electron chi connectivity index (χ0n) is 11.8. The minimum atomic E-state index is -0.119. The number of hydrogen-bond donors (Lipinski definition) is 1. The summed E-state index contributed by atoms with van der Waals surface area (Å²) in [7, 11) is 3.57. The summed E-state index contributed by atoms with van der Waals surface area (Å²) in [4.78, 5) is 4.48. The molecule has 2 heterocycles. The number of aromatic nitrogens is 3.